The molecule has 2 amide bonds. The second-order valence-electron chi connectivity index (χ2n) is 5.29. The highest BCUT2D eigenvalue weighted by atomic mass is 16.3. The normalized spacial score (nSPS) is 18.1. The van der Waals surface area contributed by atoms with Gasteiger partial charge in [0.05, 0.1) is 12.6 Å². The molecule has 1 aliphatic rings. The van der Waals surface area contributed by atoms with E-state index in [9.17, 15) is 4.79 Å². The molecule has 0 aromatic carbocycles. The van der Waals surface area contributed by atoms with Gasteiger partial charge in [0, 0.05) is 26.2 Å². The summed E-state index contributed by atoms with van der Waals surface area (Å²) < 4.78 is 0. The Morgan fingerprint density at radius 3 is 2.56 bits per heavy atom. The number of amides is 2. The van der Waals surface area contributed by atoms with Crippen LogP contribution in [0.1, 0.15) is 32.6 Å². The number of hydrogen-bond donors (Lipinski definition) is 2. The third kappa shape index (κ3) is 4.46. The van der Waals surface area contributed by atoms with E-state index in [4.69, 9.17) is 5.11 Å². The van der Waals surface area contributed by atoms with Crippen molar-refractivity contribution in [3.05, 3.63) is 0 Å². The van der Waals surface area contributed by atoms with Gasteiger partial charge in [-0.05, 0) is 26.8 Å². The lowest BCUT2D eigenvalue weighted by molar-refractivity contribution is 0.155. The van der Waals surface area contributed by atoms with Gasteiger partial charge in [0.25, 0.3) is 0 Å². The maximum absolute atomic E-state index is 11.7. The van der Waals surface area contributed by atoms with Gasteiger partial charge in [-0.15, -0.1) is 0 Å². The molecule has 1 unspecified atom stereocenters. The van der Waals surface area contributed by atoms with E-state index in [0.717, 1.165) is 6.54 Å². The van der Waals surface area contributed by atoms with Crippen LogP contribution < -0.4 is 5.32 Å². The number of nitrogens with one attached hydrogen (secondary N) is 1. The Hall–Kier alpha value is -0.810. The Balaban J connectivity index is 2.18. The summed E-state index contributed by atoms with van der Waals surface area (Å²) in [5.41, 5.74) is 0. The number of aliphatic hydroxyl groups excluding tert-OH is 1. The summed E-state index contributed by atoms with van der Waals surface area (Å²) >= 11 is 0. The number of urea groups is 1. The fourth-order valence-electron chi connectivity index (χ4n) is 2.31. The van der Waals surface area contributed by atoms with Crippen LogP contribution in [-0.4, -0.2) is 66.8 Å². The fourth-order valence-corrected chi connectivity index (χ4v) is 2.31. The predicted molar refractivity (Wildman–Crippen MR) is 72.6 cm³/mol. The monoisotopic (exact) mass is 257 g/mol. The minimum atomic E-state index is -0.141. The van der Waals surface area contributed by atoms with Crippen LogP contribution in [0.5, 0.6) is 0 Å². The SMILES string of the molecule is CC(CO)N(C)C(=O)NCCN(C)C1CCCC1. The highest BCUT2D eigenvalue weighted by molar-refractivity contribution is 5.74. The first-order chi connectivity index (χ1) is 8.56. The zero-order chi connectivity index (χ0) is 13.5. The summed E-state index contributed by atoms with van der Waals surface area (Å²) in [5.74, 6) is 0. The van der Waals surface area contributed by atoms with Crippen molar-refractivity contribution < 1.29 is 9.90 Å². The van der Waals surface area contributed by atoms with Gasteiger partial charge in [0.15, 0.2) is 0 Å². The molecule has 0 radical (unpaired) electrons. The topological polar surface area (TPSA) is 55.8 Å². The van der Waals surface area contributed by atoms with Gasteiger partial charge in [0.1, 0.15) is 0 Å². The summed E-state index contributed by atoms with van der Waals surface area (Å²) in [6.07, 6.45) is 5.23. The Labute approximate surface area is 110 Å². The van der Waals surface area contributed by atoms with Gasteiger partial charge in [0.2, 0.25) is 0 Å². The van der Waals surface area contributed by atoms with Crippen molar-refractivity contribution >= 4 is 6.03 Å². The Bertz CT molecular complexity index is 255. The van der Waals surface area contributed by atoms with Crippen LogP contribution in [-0.2, 0) is 0 Å². The zero-order valence-electron chi connectivity index (χ0n) is 11.9. The van der Waals surface area contributed by atoms with Crippen molar-refractivity contribution in [1.82, 2.24) is 15.1 Å². The molecule has 106 valence electrons. The van der Waals surface area contributed by atoms with Gasteiger partial charge in [-0.25, -0.2) is 4.79 Å². The third-order valence-electron chi connectivity index (χ3n) is 3.93. The lowest BCUT2D eigenvalue weighted by Crippen LogP contribution is -2.46. The maximum atomic E-state index is 11.7. The Morgan fingerprint density at radius 1 is 1.39 bits per heavy atom. The quantitative estimate of drug-likeness (QED) is 0.743. The van der Waals surface area contributed by atoms with Crippen LogP contribution >= 0.6 is 0 Å². The average molecular weight is 257 g/mol. The maximum Gasteiger partial charge on any atom is 0.317 e. The third-order valence-corrected chi connectivity index (χ3v) is 3.93. The average Bonchev–Trinajstić information content (AvgIpc) is 2.90. The second kappa shape index (κ2) is 7.59. The molecular formula is C13H27N3O2. The van der Waals surface area contributed by atoms with Crippen molar-refractivity contribution in [3.8, 4) is 0 Å². The Morgan fingerprint density at radius 2 is 2.00 bits per heavy atom. The molecule has 2 N–H and O–H groups in total. The molecular weight excluding hydrogens is 230 g/mol. The van der Waals surface area contributed by atoms with E-state index < -0.39 is 0 Å². The van der Waals surface area contributed by atoms with E-state index in [-0.39, 0.29) is 18.7 Å². The first-order valence-corrected chi connectivity index (χ1v) is 6.88. The van der Waals surface area contributed by atoms with E-state index in [1.54, 1.807) is 7.05 Å². The number of hydrogen-bond acceptors (Lipinski definition) is 3. The molecule has 1 aliphatic carbocycles. The molecule has 0 bridgehead atoms. The van der Waals surface area contributed by atoms with E-state index >= 15 is 0 Å². The summed E-state index contributed by atoms with van der Waals surface area (Å²) in [6, 6.07) is 0.435. The molecule has 5 heteroatoms. The van der Waals surface area contributed by atoms with Crippen LogP contribution in [0.4, 0.5) is 4.79 Å². The number of likely N-dealkylation sites (N-methyl/N-ethyl adjacent to an activating group) is 2. The van der Waals surface area contributed by atoms with Crippen LogP contribution in [0.15, 0.2) is 0 Å². The minimum absolute atomic E-state index is 0.00804. The van der Waals surface area contributed by atoms with Crippen molar-refractivity contribution in [1.29, 1.82) is 0 Å². The highest BCUT2D eigenvalue weighted by Crippen LogP contribution is 2.21. The molecule has 0 heterocycles. The van der Waals surface area contributed by atoms with Crippen LogP contribution in [0.25, 0.3) is 0 Å². The second-order valence-corrected chi connectivity index (χ2v) is 5.29. The summed E-state index contributed by atoms with van der Waals surface area (Å²) in [7, 11) is 3.83. The zero-order valence-corrected chi connectivity index (χ0v) is 11.9. The van der Waals surface area contributed by atoms with Crippen molar-refractivity contribution in [2.75, 3.05) is 33.8 Å². The Kier molecular flexibility index (Phi) is 6.43. The number of aliphatic hydroxyl groups is 1. The van der Waals surface area contributed by atoms with Crippen LogP contribution in [0.2, 0.25) is 0 Å². The number of carbonyl (C=O) groups is 1. The minimum Gasteiger partial charge on any atom is -0.394 e. The van der Waals surface area contributed by atoms with Gasteiger partial charge in [-0.3, -0.25) is 0 Å². The lowest BCUT2D eigenvalue weighted by atomic mass is 10.2. The standard InChI is InChI=1S/C13H27N3O2/c1-11(10-17)16(3)13(18)14-8-9-15(2)12-6-4-5-7-12/h11-12,17H,4-10H2,1-3H3,(H,14,18). The molecule has 1 rings (SSSR count). The molecule has 0 aromatic heterocycles. The molecule has 0 saturated heterocycles. The molecule has 18 heavy (non-hydrogen) atoms. The van der Waals surface area contributed by atoms with Gasteiger partial charge >= 0.3 is 6.03 Å². The van der Waals surface area contributed by atoms with Crippen LogP contribution in [0.3, 0.4) is 0 Å². The molecule has 0 spiro atoms. The summed E-state index contributed by atoms with van der Waals surface area (Å²) in [6.45, 7) is 3.36. The summed E-state index contributed by atoms with van der Waals surface area (Å²) in [5, 5.41) is 11.9. The van der Waals surface area contributed by atoms with Crippen LogP contribution in [0, 0.1) is 0 Å². The first-order valence-electron chi connectivity index (χ1n) is 6.88. The molecule has 1 saturated carbocycles. The first kappa shape index (κ1) is 15.2. The smallest absolute Gasteiger partial charge is 0.317 e. The summed E-state index contributed by atoms with van der Waals surface area (Å²) in [4.78, 5) is 15.6. The van der Waals surface area contributed by atoms with E-state index in [1.807, 2.05) is 6.92 Å². The molecule has 5 nitrogen and oxygen atoms in total. The number of rotatable bonds is 6. The molecule has 1 atom stereocenters. The molecule has 0 aromatic rings. The lowest BCUT2D eigenvalue weighted by Gasteiger charge is -2.26. The van der Waals surface area contributed by atoms with E-state index in [2.05, 4.69) is 17.3 Å². The van der Waals surface area contributed by atoms with Gasteiger partial charge in [-0.1, -0.05) is 12.8 Å². The fraction of sp³-hybridized carbons (Fsp3) is 0.923. The van der Waals surface area contributed by atoms with Crippen molar-refractivity contribution in [2.45, 2.75) is 44.7 Å². The van der Waals surface area contributed by atoms with E-state index in [0.29, 0.717) is 12.6 Å². The predicted octanol–water partition coefficient (Wildman–Crippen LogP) is 0.883. The van der Waals surface area contributed by atoms with E-state index in [1.165, 1.54) is 30.6 Å². The van der Waals surface area contributed by atoms with Crippen molar-refractivity contribution in [3.63, 3.8) is 0 Å². The molecule has 0 aliphatic heterocycles. The van der Waals surface area contributed by atoms with Crippen molar-refractivity contribution in [2.24, 2.45) is 0 Å². The molecule has 1 fully saturated rings. The van der Waals surface area contributed by atoms with Gasteiger partial charge < -0.3 is 20.2 Å². The highest BCUT2D eigenvalue weighted by Gasteiger charge is 2.19. The largest absolute Gasteiger partial charge is 0.394 e. The van der Waals surface area contributed by atoms with Gasteiger partial charge in [-0.2, -0.15) is 0 Å². The number of nitrogens with zero attached hydrogens (tertiary/aromatic N) is 2. The number of carbonyl (C=O) groups excluding carboxylic acids is 1.